The van der Waals surface area contributed by atoms with E-state index >= 15 is 0 Å². The number of piperidine rings is 1. The van der Waals surface area contributed by atoms with Gasteiger partial charge >= 0.3 is 0 Å². The topological polar surface area (TPSA) is 9.72 Å². The normalized spacial score (nSPS) is 36.4. The minimum absolute atomic E-state index is 0.748. The third-order valence-electron chi connectivity index (χ3n) is 5.37. The molecule has 3 fully saturated rings. The van der Waals surface area contributed by atoms with Gasteiger partial charge in [-0.2, -0.15) is 0 Å². The van der Waals surface area contributed by atoms with Gasteiger partial charge in [-0.1, -0.05) is 6.08 Å². The van der Waals surface area contributed by atoms with E-state index in [0.717, 1.165) is 23.8 Å². The zero-order valence-electron chi connectivity index (χ0n) is 12.8. The van der Waals surface area contributed by atoms with Gasteiger partial charge in [0.2, 0.25) is 0 Å². The Morgan fingerprint density at radius 3 is 2.21 bits per heavy atom. The summed E-state index contributed by atoms with van der Waals surface area (Å²) in [6, 6.07) is 0.748. The highest BCUT2D eigenvalue weighted by molar-refractivity contribution is 5.06. The van der Waals surface area contributed by atoms with Gasteiger partial charge in [-0.25, -0.2) is 0 Å². The molecule has 2 atom stereocenters. The minimum Gasteiger partial charge on any atom is -0.375 e. The summed E-state index contributed by atoms with van der Waals surface area (Å²) in [5, 5.41) is 0. The molecule has 0 radical (unpaired) electrons. The van der Waals surface area contributed by atoms with Crippen molar-refractivity contribution in [2.45, 2.75) is 26.8 Å². The maximum absolute atomic E-state index is 2.70. The van der Waals surface area contributed by atoms with E-state index in [9.17, 15) is 0 Å². The number of piperazine rings is 1. The Labute approximate surface area is 118 Å². The Bertz CT molecular complexity index is 319. The summed E-state index contributed by atoms with van der Waals surface area (Å²) in [5.41, 5.74) is 0. The molecule has 19 heavy (non-hydrogen) atoms. The average molecular weight is 263 g/mol. The quantitative estimate of drug-likeness (QED) is 0.765. The van der Waals surface area contributed by atoms with Crippen LogP contribution in [0, 0.1) is 17.8 Å². The molecule has 108 valence electrons. The highest BCUT2D eigenvalue weighted by Gasteiger charge is 2.55. The molecule has 3 heteroatoms. The van der Waals surface area contributed by atoms with Crippen molar-refractivity contribution in [3.05, 3.63) is 12.3 Å². The number of allylic oxidation sites excluding steroid dienone is 1. The fourth-order valence-corrected chi connectivity index (χ4v) is 3.98. The molecule has 0 amide bonds. The lowest BCUT2D eigenvalue weighted by molar-refractivity contribution is 0.148. The van der Waals surface area contributed by atoms with E-state index in [4.69, 9.17) is 0 Å². The molecule has 3 rings (SSSR count). The molecular weight excluding hydrogens is 234 g/mol. The molecule has 0 N–H and O–H groups in total. The van der Waals surface area contributed by atoms with Crippen LogP contribution >= 0.6 is 0 Å². The zero-order chi connectivity index (χ0) is 13.4. The zero-order valence-corrected chi connectivity index (χ0v) is 12.8. The molecule has 2 heterocycles. The van der Waals surface area contributed by atoms with Crippen molar-refractivity contribution in [2.24, 2.45) is 17.8 Å². The second kappa shape index (κ2) is 5.45. The van der Waals surface area contributed by atoms with Gasteiger partial charge in [0, 0.05) is 51.9 Å². The first-order chi connectivity index (χ1) is 9.19. The third-order valence-corrected chi connectivity index (χ3v) is 5.37. The molecule has 3 nitrogen and oxygen atoms in total. The van der Waals surface area contributed by atoms with E-state index in [0.29, 0.717) is 0 Å². The van der Waals surface area contributed by atoms with E-state index in [-0.39, 0.29) is 0 Å². The van der Waals surface area contributed by atoms with Gasteiger partial charge < -0.3 is 9.80 Å². The minimum atomic E-state index is 0.748. The van der Waals surface area contributed by atoms with E-state index in [1.165, 1.54) is 45.8 Å². The average Bonchev–Trinajstić information content (AvgIpc) is 2.86. The Morgan fingerprint density at radius 2 is 1.68 bits per heavy atom. The lowest BCUT2D eigenvalue weighted by atomic mass is 10.2. The van der Waals surface area contributed by atoms with Crippen LogP contribution in [0.2, 0.25) is 0 Å². The maximum Gasteiger partial charge on any atom is 0.0300 e. The molecule has 2 unspecified atom stereocenters. The standard InChI is InChI=1S/C16H29N3/c1-4-5-17-6-8-18(9-7-17)10-14-15-11-19(13(2)3)12-16(14)15/h4-5,13-16H,6-12H2,1-3H3/b5-4+. The number of likely N-dealkylation sites (tertiary alicyclic amines) is 1. The van der Waals surface area contributed by atoms with Crippen molar-refractivity contribution in [3.63, 3.8) is 0 Å². The van der Waals surface area contributed by atoms with Crippen LogP contribution in [0.5, 0.6) is 0 Å². The Hall–Kier alpha value is -0.540. The monoisotopic (exact) mass is 263 g/mol. The fourth-order valence-electron chi connectivity index (χ4n) is 3.98. The molecule has 2 aliphatic heterocycles. The first-order valence-electron chi connectivity index (χ1n) is 8.02. The predicted molar refractivity (Wildman–Crippen MR) is 80.0 cm³/mol. The summed E-state index contributed by atoms with van der Waals surface area (Å²) in [5.74, 6) is 3.07. The third kappa shape index (κ3) is 2.82. The number of hydrogen-bond acceptors (Lipinski definition) is 3. The van der Waals surface area contributed by atoms with Gasteiger partial charge in [-0.05, 0) is 44.7 Å². The first kappa shape index (κ1) is 13.4. The Morgan fingerprint density at radius 1 is 1.05 bits per heavy atom. The molecule has 3 aliphatic rings. The highest BCUT2D eigenvalue weighted by Crippen LogP contribution is 2.52. The van der Waals surface area contributed by atoms with E-state index in [1.807, 2.05) is 0 Å². The van der Waals surface area contributed by atoms with Crippen LogP contribution in [0.25, 0.3) is 0 Å². The molecule has 2 saturated heterocycles. The molecule has 0 spiro atoms. The van der Waals surface area contributed by atoms with Gasteiger partial charge in [-0.15, -0.1) is 0 Å². The Balaban J connectivity index is 1.39. The van der Waals surface area contributed by atoms with Crippen LogP contribution in [-0.4, -0.2) is 66.6 Å². The van der Waals surface area contributed by atoms with Crippen molar-refractivity contribution in [3.8, 4) is 0 Å². The van der Waals surface area contributed by atoms with E-state index < -0.39 is 0 Å². The first-order valence-corrected chi connectivity index (χ1v) is 8.02. The van der Waals surface area contributed by atoms with Crippen molar-refractivity contribution >= 4 is 0 Å². The van der Waals surface area contributed by atoms with Crippen molar-refractivity contribution < 1.29 is 0 Å². The van der Waals surface area contributed by atoms with Crippen LogP contribution in [0.3, 0.4) is 0 Å². The van der Waals surface area contributed by atoms with Crippen LogP contribution in [0.15, 0.2) is 12.3 Å². The van der Waals surface area contributed by atoms with E-state index in [2.05, 4.69) is 47.7 Å². The molecule has 0 aromatic rings. The Kier molecular flexibility index (Phi) is 3.86. The van der Waals surface area contributed by atoms with Crippen LogP contribution in [0.4, 0.5) is 0 Å². The number of fused-ring (bicyclic) bond motifs is 1. The smallest absolute Gasteiger partial charge is 0.0300 e. The largest absolute Gasteiger partial charge is 0.375 e. The van der Waals surface area contributed by atoms with Crippen molar-refractivity contribution in [2.75, 3.05) is 45.8 Å². The number of rotatable bonds is 4. The fraction of sp³-hybridized carbons (Fsp3) is 0.875. The molecule has 1 aliphatic carbocycles. The molecule has 0 aromatic heterocycles. The van der Waals surface area contributed by atoms with Gasteiger partial charge in [0.05, 0.1) is 0 Å². The predicted octanol–water partition coefficient (Wildman–Crippen LogP) is 1.72. The SMILES string of the molecule is C/C=C/N1CCN(CC2C3CN(C(C)C)CC23)CC1. The summed E-state index contributed by atoms with van der Waals surface area (Å²) < 4.78 is 0. The summed E-state index contributed by atoms with van der Waals surface area (Å²) in [4.78, 5) is 7.81. The molecule has 1 saturated carbocycles. The van der Waals surface area contributed by atoms with Gasteiger partial charge in [0.1, 0.15) is 0 Å². The summed E-state index contributed by atoms with van der Waals surface area (Å²) in [6.45, 7) is 15.8. The van der Waals surface area contributed by atoms with Crippen LogP contribution in [0.1, 0.15) is 20.8 Å². The summed E-state index contributed by atoms with van der Waals surface area (Å²) >= 11 is 0. The van der Waals surface area contributed by atoms with E-state index in [1.54, 1.807) is 0 Å². The number of hydrogen-bond donors (Lipinski definition) is 0. The summed E-state index contributed by atoms with van der Waals surface area (Å²) in [6.07, 6.45) is 4.39. The van der Waals surface area contributed by atoms with Gasteiger partial charge in [0.15, 0.2) is 0 Å². The summed E-state index contributed by atoms with van der Waals surface area (Å²) in [7, 11) is 0. The van der Waals surface area contributed by atoms with Crippen LogP contribution in [-0.2, 0) is 0 Å². The van der Waals surface area contributed by atoms with Crippen LogP contribution < -0.4 is 0 Å². The lowest BCUT2D eigenvalue weighted by Crippen LogP contribution is -2.45. The number of nitrogens with zero attached hydrogens (tertiary/aromatic N) is 3. The second-order valence-electron chi connectivity index (χ2n) is 6.86. The molecular formula is C16H29N3. The second-order valence-corrected chi connectivity index (χ2v) is 6.86. The van der Waals surface area contributed by atoms with Crippen molar-refractivity contribution in [1.29, 1.82) is 0 Å². The molecule has 0 aromatic carbocycles. The van der Waals surface area contributed by atoms with Gasteiger partial charge in [-0.3, -0.25) is 4.90 Å². The van der Waals surface area contributed by atoms with Gasteiger partial charge in [0.25, 0.3) is 0 Å². The van der Waals surface area contributed by atoms with Crippen molar-refractivity contribution in [1.82, 2.24) is 14.7 Å². The lowest BCUT2D eigenvalue weighted by Gasteiger charge is -2.34. The molecule has 0 bridgehead atoms. The maximum atomic E-state index is 2.70. The highest BCUT2D eigenvalue weighted by atomic mass is 15.3.